The Bertz CT molecular complexity index is 705. The third-order valence-corrected chi connectivity index (χ3v) is 2.71. The molecule has 0 unspecified atom stereocenters. The largest absolute Gasteiger partial charge is 0.383 e. The van der Waals surface area contributed by atoms with Crippen molar-refractivity contribution in [1.82, 2.24) is 19.5 Å². The molecule has 0 fully saturated rings. The predicted octanol–water partition coefficient (Wildman–Crippen LogP) is 2.05. The van der Waals surface area contributed by atoms with Gasteiger partial charge in [0.05, 0.1) is 18.1 Å². The highest BCUT2D eigenvalue weighted by Gasteiger charge is 2.10. The highest BCUT2D eigenvalue weighted by atomic mass is 19.1. The molecular weight excluding hydrogens is 245 g/mol. The zero-order valence-corrected chi connectivity index (χ0v) is 9.86. The molecule has 0 aliphatic rings. The Morgan fingerprint density at radius 1 is 1.11 bits per heavy atom. The van der Waals surface area contributed by atoms with E-state index in [4.69, 9.17) is 5.73 Å². The summed E-state index contributed by atoms with van der Waals surface area (Å²) in [5.41, 5.74) is 7.36. The predicted molar refractivity (Wildman–Crippen MR) is 69.0 cm³/mol. The number of aromatic nitrogens is 4. The van der Waals surface area contributed by atoms with Crippen molar-refractivity contribution in [3.05, 3.63) is 55.0 Å². The van der Waals surface area contributed by atoms with Crippen LogP contribution in [0.3, 0.4) is 0 Å². The van der Waals surface area contributed by atoms with E-state index in [2.05, 4.69) is 15.0 Å². The van der Waals surface area contributed by atoms with Crippen LogP contribution in [0, 0.1) is 5.82 Å². The monoisotopic (exact) mass is 255 g/mol. The minimum Gasteiger partial charge on any atom is -0.383 e. The van der Waals surface area contributed by atoms with Crippen LogP contribution in [-0.2, 0) is 0 Å². The van der Waals surface area contributed by atoms with E-state index in [9.17, 15) is 4.39 Å². The summed E-state index contributed by atoms with van der Waals surface area (Å²) in [6, 6.07) is 6.56. The summed E-state index contributed by atoms with van der Waals surface area (Å²) in [7, 11) is 0. The molecule has 3 aromatic rings. The van der Waals surface area contributed by atoms with Crippen molar-refractivity contribution in [2.24, 2.45) is 0 Å². The fourth-order valence-corrected chi connectivity index (χ4v) is 1.82. The molecule has 3 aromatic heterocycles. The van der Waals surface area contributed by atoms with Crippen molar-refractivity contribution in [3.63, 3.8) is 0 Å². The lowest BCUT2D eigenvalue weighted by molar-refractivity contribution is 0.620. The van der Waals surface area contributed by atoms with Crippen molar-refractivity contribution in [2.45, 2.75) is 0 Å². The molecule has 19 heavy (non-hydrogen) atoms. The van der Waals surface area contributed by atoms with Crippen LogP contribution in [-0.4, -0.2) is 19.5 Å². The molecule has 0 bridgehead atoms. The van der Waals surface area contributed by atoms with Crippen molar-refractivity contribution in [1.29, 1.82) is 0 Å². The first-order valence-corrected chi connectivity index (χ1v) is 5.61. The van der Waals surface area contributed by atoms with Crippen molar-refractivity contribution in [3.8, 4) is 17.1 Å². The number of imidazole rings is 1. The number of rotatable bonds is 2. The van der Waals surface area contributed by atoms with Crippen LogP contribution in [0.2, 0.25) is 0 Å². The summed E-state index contributed by atoms with van der Waals surface area (Å²) < 4.78 is 14.6. The third kappa shape index (κ3) is 2.03. The second kappa shape index (κ2) is 4.49. The SMILES string of the molecule is Nc1ncccc1-c1cncn1-c1ccc(F)cn1. The molecule has 3 heterocycles. The number of nitrogen functional groups attached to an aromatic ring is 1. The average Bonchev–Trinajstić information content (AvgIpc) is 2.89. The fraction of sp³-hybridized carbons (Fsp3) is 0. The van der Waals surface area contributed by atoms with Gasteiger partial charge in [-0.3, -0.25) is 4.57 Å². The molecular formula is C13H10FN5. The molecule has 0 saturated carbocycles. The first-order chi connectivity index (χ1) is 9.25. The van der Waals surface area contributed by atoms with E-state index in [-0.39, 0.29) is 5.82 Å². The normalized spacial score (nSPS) is 10.6. The Kier molecular flexibility index (Phi) is 2.68. The van der Waals surface area contributed by atoms with Crippen LogP contribution < -0.4 is 5.73 Å². The Labute approximate surface area is 108 Å². The van der Waals surface area contributed by atoms with E-state index in [1.165, 1.54) is 6.07 Å². The number of nitrogens with two attached hydrogens (primary N) is 1. The van der Waals surface area contributed by atoms with E-state index >= 15 is 0 Å². The highest BCUT2D eigenvalue weighted by molar-refractivity contribution is 5.71. The summed E-state index contributed by atoms with van der Waals surface area (Å²) in [5.74, 6) is 0.592. The number of anilines is 1. The van der Waals surface area contributed by atoms with Gasteiger partial charge < -0.3 is 5.73 Å². The third-order valence-electron chi connectivity index (χ3n) is 2.71. The van der Waals surface area contributed by atoms with Gasteiger partial charge in [0.1, 0.15) is 23.8 Å². The van der Waals surface area contributed by atoms with E-state index in [1.807, 2.05) is 6.07 Å². The lowest BCUT2D eigenvalue weighted by Crippen LogP contribution is -2.01. The minimum atomic E-state index is -0.383. The van der Waals surface area contributed by atoms with Crippen LogP contribution in [0.15, 0.2) is 49.2 Å². The van der Waals surface area contributed by atoms with Gasteiger partial charge in [-0.2, -0.15) is 0 Å². The van der Waals surface area contributed by atoms with Crippen molar-refractivity contribution >= 4 is 5.82 Å². The lowest BCUT2D eigenvalue weighted by Gasteiger charge is -2.08. The molecule has 0 spiro atoms. The Hall–Kier alpha value is -2.76. The van der Waals surface area contributed by atoms with Crippen LogP contribution >= 0.6 is 0 Å². The molecule has 0 aliphatic carbocycles. The maximum Gasteiger partial charge on any atom is 0.141 e. The molecule has 5 nitrogen and oxygen atoms in total. The van der Waals surface area contributed by atoms with Gasteiger partial charge in [-0.25, -0.2) is 19.3 Å². The first-order valence-electron chi connectivity index (χ1n) is 5.61. The summed E-state index contributed by atoms with van der Waals surface area (Å²) in [5, 5.41) is 0. The highest BCUT2D eigenvalue weighted by Crippen LogP contribution is 2.25. The summed E-state index contributed by atoms with van der Waals surface area (Å²) in [6.45, 7) is 0. The van der Waals surface area contributed by atoms with Gasteiger partial charge in [-0.1, -0.05) is 0 Å². The van der Waals surface area contributed by atoms with E-state index in [0.29, 0.717) is 11.6 Å². The second-order valence-electron chi connectivity index (χ2n) is 3.92. The van der Waals surface area contributed by atoms with E-state index < -0.39 is 0 Å². The van der Waals surface area contributed by atoms with Crippen LogP contribution in [0.1, 0.15) is 0 Å². The van der Waals surface area contributed by atoms with E-state index in [0.717, 1.165) is 17.5 Å². The van der Waals surface area contributed by atoms with Gasteiger partial charge in [-0.15, -0.1) is 0 Å². The first kappa shape index (κ1) is 11.3. The molecule has 0 amide bonds. The molecule has 2 N–H and O–H groups in total. The zero-order chi connectivity index (χ0) is 13.2. The van der Waals surface area contributed by atoms with Crippen molar-refractivity contribution < 1.29 is 4.39 Å². The summed E-state index contributed by atoms with van der Waals surface area (Å²) in [6.07, 6.45) is 6.04. The van der Waals surface area contributed by atoms with Gasteiger partial charge in [0, 0.05) is 11.8 Å². The Morgan fingerprint density at radius 3 is 2.74 bits per heavy atom. The molecule has 0 radical (unpaired) electrons. The molecule has 0 aromatic carbocycles. The summed E-state index contributed by atoms with van der Waals surface area (Å²) in [4.78, 5) is 12.1. The molecule has 3 rings (SSSR count). The Morgan fingerprint density at radius 2 is 2.00 bits per heavy atom. The molecule has 0 saturated heterocycles. The van der Waals surface area contributed by atoms with Gasteiger partial charge in [-0.05, 0) is 24.3 Å². The van der Waals surface area contributed by atoms with Crippen LogP contribution in [0.5, 0.6) is 0 Å². The zero-order valence-electron chi connectivity index (χ0n) is 9.86. The molecule has 6 heteroatoms. The van der Waals surface area contributed by atoms with Gasteiger partial charge in [0.2, 0.25) is 0 Å². The minimum absolute atomic E-state index is 0.383. The molecule has 94 valence electrons. The smallest absolute Gasteiger partial charge is 0.141 e. The topological polar surface area (TPSA) is 69.6 Å². The standard InChI is InChI=1S/C13H10FN5/c14-9-3-4-12(18-6-9)19-8-16-7-11(19)10-2-1-5-17-13(10)15/h1-8H,(H2,15,17). The number of hydrogen-bond acceptors (Lipinski definition) is 4. The quantitative estimate of drug-likeness (QED) is 0.760. The average molecular weight is 255 g/mol. The number of nitrogens with zero attached hydrogens (tertiary/aromatic N) is 4. The maximum absolute atomic E-state index is 12.9. The van der Waals surface area contributed by atoms with E-state index in [1.54, 1.807) is 35.4 Å². The molecule has 0 atom stereocenters. The maximum atomic E-state index is 12.9. The number of halogens is 1. The molecule has 0 aliphatic heterocycles. The van der Waals surface area contributed by atoms with Gasteiger partial charge in [0.25, 0.3) is 0 Å². The number of pyridine rings is 2. The summed E-state index contributed by atoms with van der Waals surface area (Å²) >= 11 is 0. The number of hydrogen-bond donors (Lipinski definition) is 1. The fourth-order valence-electron chi connectivity index (χ4n) is 1.82. The van der Waals surface area contributed by atoms with Crippen LogP contribution in [0.25, 0.3) is 17.1 Å². The van der Waals surface area contributed by atoms with Gasteiger partial charge in [0.15, 0.2) is 0 Å². The van der Waals surface area contributed by atoms with Gasteiger partial charge >= 0.3 is 0 Å². The van der Waals surface area contributed by atoms with Crippen LogP contribution in [0.4, 0.5) is 10.2 Å². The lowest BCUT2D eigenvalue weighted by atomic mass is 10.2. The Balaban J connectivity index is 2.13. The second-order valence-corrected chi connectivity index (χ2v) is 3.92. The van der Waals surface area contributed by atoms with Crippen molar-refractivity contribution in [2.75, 3.05) is 5.73 Å².